The molecule has 0 aliphatic heterocycles. The number of aromatic nitrogens is 2. The van der Waals surface area contributed by atoms with Crippen molar-refractivity contribution in [2.75, 3.05) is 11.1 Å². The Balaban J connectivity index is 2.10. The van der Waals surface area contributed by atoms with Crippen LogP contribution in [0.15, 0.2) is 30.6 Å². The van der Waals surface area contributed by atoms with Crippen LogP contribution < -0.4 is 11.1 Å². The van der Waals surface area contributed by atoms with Crippen molar-refractivity contribution in [1.29, 1.82) is 0 Å². The minimum Gasteiger partial charge on any atom is -0.397 e. The molecular formula is C13H16N4. The van der Waals surface area contributed by atoms with E-state index < -0.39 is 0 Å². The van der Waals surface area contributed by atoms with Gasteiger partial charge in [0.2, 0.25) is 0 Å². The lowest BCUT2D eigenvalue weighted by Crippen LogP contribution is -2.06. The largest absolute Gasteiger partial charge is 0.397 e. The van der Waals surface area contributed by atoms with E-state index in [4.69, 9.17) is 5.73 Å². The predicted octanol–water partition coefficient (Wildman–Crippen LogP) is 2.29. The predicted molar refractivity (Wildman–Crippen MR) is 69.7 cm³/mol. The number of anilines is 2. The van der Waals surface area contributed by atoms with Gasteiger partial charge in [0.15, 0.2) is 0 Å². The summed E-state index contributed by atoms with van der Waals surface area (Å²) in [5, 5.41) is 3.29. The summed E-state index contributed by atoms with van der Waals surface area (Å²) in [6.45, 7) is 4.57. The Morgan fingerprint density at radius 1 is 1.18 bits per heavy atom. The molecule has 1 aromatic carbocycles. The van der Waals surface area contributed by atoms with E-state index in [1.54, 1.807) is 12.4 Å². The maximum Gasteiger partial charge on any atom is 0.0777 e. The molecule has 2 aromatic rings. The van der Waals surface area contributed by atoms with Crippen LogP contribution in [0.25, 0.3) is 0 Å². The Morgan fingerprint density at radius 3 is 2.65 bits per heavy atom. The van der Waals surface area contributed by atoms with Gasteiger partial charge in [0.05, 0.1) is 35.5 Å². The Kier molecular flexibility index (Phi) is 3.23. The molecule has 1 aromatic heterocycles. The Hall–Kier alpha value is -2.10. The molecule has 0 unspecified atom stereocenters. The maximum absolute atomic E-state index is 5.91. The van der Waals surface area contributed by atoms with Crippen molar-refractivity contribution in [2.24, 2.45) is 0 Å². The van der Waals surface area contributed by atoms with Crippen molar-refractivity contribution in [3.05, 3.63) is 47.5 Å². The molecule has 0 saturated heterocycles. The zero-order chi connectivity index (χ0) is 12.3. The third-order valence-electron chi connectivity index (χ3n) is 2.59. The molecule has 0 amide bonds. The van der Waals surface area contributed by atoms with Crippen LogP contribution in [-0.4, -0.2) is 9.97 Å². The third kappa shape index (κ3) is 2.72. The number of benzene rings is 1. The number of para-hydroxylation sites is 1. The normalized spacial score (nSPS) is 10.2. The zero-order valence-electron chi connectivity index (χ0n) is 10.1. The fourth-order valence-corrected chi connectivity index (χ4v) is 1.62. The molecule has 0 saturated carbocycles. The minimum absolute atomic E-state index is 0.627. The Bertz CT molecular complexity index is 485. The monoisotopic (exact) mass is 228 g/mol. The first kappa shape index (κ1) is 11.4. The highest BCUT2D eigenvalue weighted by atomic mass is 14.9. The van der Waals surface area contributed by atoms with Gasteiger partial charge in [-0.05, 0) is 25.5 Å². The standard InChI is InChI=1S/C13H16N4/c1-9-4-3-5-12(14)13(9)17-8-11-7-15-10(2)6-16-11/h3-7,17H,8,14H2,1-2H3. The smallest absolute Gasteiger partial charge is 0.0777 e. The number of nitrogens with one attached hydrogen (secondary N) is 1. The molecule has 0 aliphatic rings. The van der Waals surface area contributed by atoms with Gasteiger partial charge in [-0.2, -0.15) is 0 Å². The number of nitrogen functional groups attached to an aromatic ring is 1. The van der Waals surface area contributed by atoms with Gasteiger partial charge in [0.25, 0.3) is 0 Å². The molecule has 0 fully saturated rings. The Labute approximate surface area is 101 Å². The van der Waals surface area contributed by atoms with Crippen molar-refractivity contribution in [3.63, 3.8) is 0 Å². The molecule has 2 rings (SSSR count). The molecule has 0 aliphatic carbocycles. The number of hydrogen-bond acceptors (Lipinski definition) is 4. The molecule has 0 radical (unpaired) electrons. The van der Waals surface area contributed by atoms with Crippen LogP contribution in [0.2, 0.25) is 0 Å². The first-order valence-electron chi connectivity index (χ1n) is 5.53. The fourth-order valence-electron chi connectivity index (χ4n) is 1.62. The lowest BCUT2D eigenvalue weighted by Gasteiger charge is -2.11. The van der Waals surface area contributed by atoms with Crippen molar-refractivity contribution in [3.8, 4) is 0 Å². The third-order valence-corrected chi connectivity index (χ3v) is 2.59. The van der Waals surface area contributed by atoms with E-state index in [-0.39, 0.29) is 0 Å². The minimum atomic E-state index is 0.627. The number of aryl methyl sites for hydroxylation is 2. The van der Waals surface area contributed by atoms with E-state index in [1.807, 2.05) is 32.0 Å². The van der Waals surface area contributed by atoms with Crippen LogP contribution in [0.5, 0.6) is 0 Å². The van der Waals surface area contributed by atoms with Crippen LogP contribution in [0.1, 0.15) is 17.0 Å². The summed E-state index contributed by atoms with van der Waals surface area (Å²) in [7, 11) is 0. The summed E-state index contributed by atoms with van der Waals surface area (Å²) >= 11 is 0. The van der Waals surface area contributed by atoms with Crippen molar-refractivity contribution in [1.82, 2.24) is 9.97 Å². The van der Waals surface area contributed by atoms with Crippen molar-refractivity contribution >= 4 is 11.4 Å². The van der Waals surface area contributed by atoms with Crippen LogP contribution in [0, 0.1) is 13.8 Å². The zero-order valence-corrected chi connectivity index (χ0v) is 10.1. The van der Waals surface area contributed by atoms with Crippen LogP contribution in [-0.2, 0) is 6.54 Å². The van der Waals surface area contributed by atoms with Gasteiger partial charge in [-0.15, -0.1) is 0 Å². The molecule has 0 spiro atoms. The lowest BCUT2D eigenvalue weighted by molar-refractivity contribution is 0.983. The molecule has 88 valence electrons. The SMILES string of the molecule is Cc1cnc(CNc2c(C)cccc2N)cn1. The number of nitrogens with zero attached hydrogens (tertiary/aromatic N) is 2. The fraction of sp³-hybridized carbons (Fsp3) is 0.231. The highest BCUT2D eigenvalue weighted by Crippen LogP contribution is 2.22. The van der Waals surface area contributed by atoms with Gasteiger partial charge in [-0.3, -0.25) is 9.97 Å². The summed E-state index contributed by atoms with van der Waals surface area (Å²) in [6.07, 6.45) is 3.54. The second kappa shape index (κ2) is 4.82. The summed E-state index contributed by atoms with van der Waals surface area (Å²) in [5.74, 6) is 0. The summed E-state index contributed by atoms with van der Waals surface area (Å²) in [4.78, 5) is 8.49. The Morgan fingerprint density at radius 2 is 2.00 bits per heavy atom. The number of hydrogen-bond donors (Lipinski definition) is 2. The molecular weight excluding hydrogens is 212 g/mol. The molecule has 17 heavy (non-hydrogen) atoms. The molecule has 0 bridgehead atoms. The molecule has 3 N–H and O–H groups in total. The van der Waals surface area contributed by atoms with Gasteiger partial charge >= 0.3 is 0 Å². The van der Waals surface area contributed by atoms with E-state index in [9.17, 15) is 0 Å². The average Bonchev–Trinajstić information content (AvgIpc) is 2.31. The quantitative estimate of drug-likeness (QED) is 0.791. The van der Waals surface area contributed by atoms with E-state index in [0.717, 1.165) is 28.3 Å². The highest BCUT2D eigenvalue weighted by Gasteiger charge is 2.02. The number of rotatable bonds is 3. The van der Waals surface area contributed by atoms with Crippen LogP contribution >= 0.6 is 0 Å². The highest BCUT2D eigenvalue weighted by molar-refractivity contribution is 5.69. The van der Waals surface area contributed by atoms with Crippen molar-refractivity contribution < 1.29 is 0 Å². The lowest BCUT2D eigenvalue weighted by atomic mass is 10.1. The number of nitrogens with two attached hydrogens (primary N) is 1. The molecule has 0 atom stereocenters. The average molecular weight is 228 g/mol. The van der Waals surface area contributed by atoms with E-state index in [1.165, 1.54) is 0 Å². The summed E-state index contributed by atoms with van der Waals surface area (Å²) in [6, 6.07) is 5.86. The van der Waals surface area contributed by atoms with Gasteiger partial charge in [-0.1, -0.05) is 12.1 Å². The second-order valence-corrected chi connectivity index (χ2v) is 4.04. The van der Waals surface area contributed by atoms with Gasteiger partial charge in [0.1, 0.15) is 0 Å². The molecule has 1 heterocycles. The van der Waals surface area contributed by atoms with Crippen LogP contribution in [0.3, 0.4) is 0 Å². The van der Waals surface area contributed by atoms with Gasteiger partial charge in [-0.25, -0.2) is 0 Å². The topological polar surface area (TPSA) is 63.8 Å². The van der Waals surface area contributed by atoms with Crippen LogP contribution in [0.4, 0.5) is 11.4 Å². The molecule has 4 nitrogen and oxygen atoms in total. The first-order chi connectivity index (χ1) is 8.16. The van der Waals surface area contributed by atoms with E-state index in [2.05, 4.69) is 15.3 Å². The van der Waals surface area contributed by atoms with Crippen molar-refractivity contribution in [2.45, 2.75) is 20.4 Å². The summed E-state index contributed by atoms with van der Waals surface area (Å²) < 4.78 is 0. The van der Waals surface area contributed by atoms with E-state index >= 15 is 0 Å². The molecule has 4 heteroatoms. The second-order valence-electron chi connectivity index (χ2n) is 4.04. The summed E-state index contributed by atoms with van der Waals surface area (Å²) in [5.41, 5.74) is 10.6. The van der Waals surface area contributed by atoms with Gasteiger partial charge in [0, 0.05) is 6.20 Å². The first-order valence-corrected chi connectivity index (χ1v) is 5.53. The van der Waals surface area contributed by atoms with Gasteiger partial charge < -0.3 is 11.1 Å². The maximum atomic E-state index is 5.91. The van der Waals surface area contributed by atoms with E-state index in [0.29, 0.717) is 6.54 Å².